The van der Waals surface area contributed by atoms with Gasteiger partial charge in [0.05, 0.1) is 6.20 Å². The van der Waals surface area contributed by atoms with Crippen LogP contribution in [0.4, 0.5) is 8.78 Å². The lowest BCUT2D eigenvalue weighted by Crippen LogP contribution is -2.18. The largest absolute Gasteiger partial charge is 0.385 e. The maximum Gasteiger partial charge on any atom is 0.287 e. The van der Waals surface area contributed by atoms with E-state index in [0.717, 1.165) is 26.2 Å². The molecule has 0 radical (unpaired) electrons. The second kappa shape index (κ2) is 7.40. The highest BCUT2D eigenvalue weighted by Crippen LogP contribution is 2.30. The van der Waals surface area contributed by atoms with Crippen molar-refractivity contribution in [3.05, 3.63) is 59.4 Å². The standard InChI is InChI=1S/C18H23F2N3/c1-4-5-14-6-8-15(9-7-14)10-11-21-13(2)16-12-22-23-17(16)18(3,19)20/h6-9,12,21H,2,4-5,10-11H2,1,3H3,(H,22,23). The number of benzene rings is 1. The quantitative estimate of drug-likeness (QED) is 0.762. The Hall–Kier alpha value is -2.17. The SMILES string of the molecule is C=C(NCCc1ccc(CCC)cc1)c1cn[nH]c1C(C)(F)F. The smallest absolute Gasteiger partial charge is 0.287 e. The van der Waals surface area contributed by atoms with Gasteiger partial charge in [0.25, 0.3) is 5.92 Å². The summed E-state index contributed by atoms with van der Waals surface area (Å²) in [6, 6.07) is 8.50. The molecule has 0 atom stereocenters. The molecule has 0 fully saturated rings. The number of nitrogens with one attached hydrogen (secondary N) is 2. The Morgan fingerprint density at radius 3 is 2.39 bits per heavy atom. The topological polar surface area (TPSA) is 40.7 Å². The van der Waals surface area contributed by atoms with Gasteiger partial charge in [0.15, 0.2) is 0 Å². The predicted octanol–water partition coefficient (Wildman–Crippen LogP) is 4.28. The lowest BCUT2D eigenvalue weighted by atomic mass is 10.1. The summed E-state index contributed by atoms with van der Waals surface area (Å²) >= 11 is 0. The molecule has 2 N–H and O–H groups in total. The third-order valence-electron chi connectivity index (χ3n) is 3.72. The first-order chi connectivity index (χ1) is 10.9. The molecule has 1 heterocycles. The van der Waals surface area contributed by atoms with Gasteiger partial charge in [-0.05, 0) is 24.0 Å². The van der Waals surface area contributed by atoms with E-state index in [1.807, 2.05) is 0 Å². The molecule has 2 rings (SSSR count). The molecule has 5 heteroatoms. The Morgan fingerprint density at radius 2 is 1.83 bits per heavy atom. The van der Waals surface area contributed by atoms with E-state index < -0.39 is 5.92 Å². The van der Waals surface area contributed by atoms with Crippen LogP contribution in [0.1, 0.15) is 42.7 Å². The molecule has 3 nitrogen and oxygen atoms in total. The molecule has 0 aliphatic rings. The third-order valence-corrected chi connectivity index (χ3v) is 3.72. The van der Waals surface area contributed by atoms with Crippen LogP contribution in [-0.4, -0.2) is 16.7 Å². The minimum atomic E-state index is -2.97. The Kier molecular flexibility index (Phi) is 5.53. The molecule has 0 saturated carbocycles. The van der Waals surface area contributed by atoms with Gasteiger partial charge >= 0.3 is 0 Å². The molecular formula is C18H23F2N3. The Morgan fingerprint density at radius 1 is 1.22 bits per heavy atom. The van der Waals surface area contributed by atoms with Crippen LogP contribution in [0.15, 0.2) is 37.0 Å². The van der Waals surface area contributed by atoms with Crippen molar-refractivity contribution in [2.45, 2.75) is 39.0 Å². The average molecular weight is 319 g/mol. The number of halogens is 2. The number of aromatic amines is 1. The fourth-order valence-corrected chi connectivity index (χ4v) is 2.46. The van der Waals surface area contributed by atoms with Gasteiger partial charge in [0, 0.05) is 24.7 Å². The second-order valence-electron chi connectivity index (χ2n) is 5.77. The summed E-state index contributed by atoms with van der Waals surface area (Å²) in [5.74, 6) is -2.97. The molecule has 1 aromatic heterocycles. The van der Waals surface area contributed by atoms with E-state index in [2.05, 4.69) is 53.3 Å². The summed E-state index contributed by atoms with van der Waals surface area (Å²) < 4.78 is 26.9. The molecule has 0 aliphatic heterocycles. The van der Waals surface area contributed by atoms with Gasteiger partial charge in [0.1, 0.15) is 5.69 Å². The van der Waals surface area contributed by atoms with Crippen molar-refractivity contribution in [2.75, 3.05) is 6.54 Å². The number of hydrogen-bond donors (Lipinski definition) is 2. The number of aromatic nitrogens is 2. The Bertz CT molecular complexity index is 639. The van der Waals surface area contributed by atoms with Gasteiger partial charge in [-0.2, -0.15) is 13.9 Å². The van der Waals surface area contributed by atoms with E-state index in [-0.39, 0.29) is 5.69 Å². The van der Waals surface area contributed by atoms with Gasteiger partial charge in [-0.1, -0.05) is 44.2 Å². The summed E-state index contributed by atoms with van der Waals surface area (Å²) in [5, 5.41) is 9.15. The fourth-order valence-electron chi connectivity index (χ4n) is 2.46. The average Bonchev–Trinajstić information content (AvgIpc) is 2.99. The van der Waals surface area contributed by atoms with E-state index >= 15 is 0 Å². The number of rotatable bonds is 8. The normalized spacial score (nSPS) is 11.5. The first-order valence-electron chi connectivity index (χ1n) is 7.84. The van der Waals surface area contributed by atoms with Crippen LogP contribution in [-0.2, 0) is 18.8 Å². The Labute approximate surface area is 135 Å². The van der Waals surface area contributed by atoms with Crippen LogP contribution >= 0.6 is 0 Å². The van der Waals surface area contributed by atoms with Crippen molar-refractivity contribution in [1.82, 2.24) is 15.5 Å². The minimum Gasteiger partial charge on any atom is -0.385 e. The number of alkyl halides is 2. The van der Waals surface area contributed by atoms with Gasteiger partial charge in [-0.3, -0.25) is 5.10 Å². The van der Waals surface area contributed by atoms with Crippen molar-refractivity contribution in [3.63, 3.8) is 0 Å². The zero-order chi connectivity index (χ0) is 16.9. The fraction of sp³-hybridized carbons (Fsp3) is 0.389. The summed E-state index contributed by atoms with van der Waals surface area (Å²) in [5.41, 5.74) is 3.12. The van der Waals surface area contributed by atoms with Crippen LogP contribution in [0.5, 0.6) is 0 Å². The summed E-state index contributed by atoms with van der Waals surface area (Å²) in [6.45, 7) is 7.47. The van der Waals surface area contributed by atoms with Crippen molar-refractivity contribution in [3.8, 4) is 0 Å². The van der Waals surface area contributed by atoms with Crippen LogP contribution in [0.25, 0.3) is 5.70 Å². The van der Waals surface area contributed by atoms with Gasteiger partial charge in [0.2, 0.25) is 0 Å². The zero-order valence-electron chi connectivity index (χ0n) is 13.6. The molecule has 0 unspecified atom stereocenters. The molecule has 1 aromatic carbocycles. The van der Waals surface area contributed by atoms with Crippen LogP contribution in [0.3, 0.4) is 0 Å². The second-order valence-corrected chi connectivity index (χ2v) is 5.77. The highest BCUT2D eigenvalue weighted by atomic mass is 19.3. The Balaban J connectivity index is 1.89. The lowest BCUT2D eigenvalue weighted by molar-refractivity contribution is 0.0124. The van der Waals surface area contributed by atoms with Crippen molar-refractivity contribution in [2.24, 2.45) is 0 Å². The number of H-pyrrole nitrogens is 1. The van der Waals surface area contributed by atoms with E-state index in [1.54, 1.807) is 0 Å². The molecule has 0 bridgehead atoms. The zero-order valence-corrected chi connectivity index (χ0v) is 13.6. The van der Waals surface area contributed by atoms with Gasteiger partial charge in [-0.15, -0.1) is 0 Å². The van der Waals surface area contributed by atoms with E-state index in [4.69, 9.17) is 0 Å². The molecule has 23 heavy (non-hydrogen) atoms. The molecule has 0 amide bonds. The van der Waals surface area contributed by atoms with Crippen LogP contribution in [0, 0.1) is 0 Å². The molecular weight excluding hydrogens is 296 g/mol. The van der Waals surface area contributed by atoms with Crippen LogP contribution < -0.4 is 5.32 Å². The van der Waals surface area contributed by atoms with E-state index in [9.17, 15) is 8.78 Å². The van der Waals surface area contributed by atoms with E-state index in [0.29, 0.717) is 17.8 Å². The number of hydrogen-bond acceptors (Lipinski definition) is 2. The van der Waals surface area contributed by atoms with Gasteiger partial charge in [-0.25, -0.2) is 0 Å². The van der Waals surface area contributed by atoms with E-state index in [1.165, 1.54) is 17.3 Å². The summed E-state index contributed by atoms with van der Waals surface area (Å²) in [4.78, 5) is 0. The first-order valence-corrected chi connectivity index (χ1v) is 7.84. The maximum atomic E-state index is 13.5. The van der Waals surface area contributed by atoms with Gasteiger partial charge < -0.3 is 5.32 Å². The lowest BCUT2D eigenvalue weighted by Gasteiger charge is -2.13. The molecule has 0 saturated heterocycles. The number of aryl methyl sites for hydroxylation is 1. The molecule has 2 aromatic rings. The summed E-state index contributed by atoms with van der Waals surface area (Å²) in [6.07, 6.45) is 4.41. The van der Waals surface area contributed by atoms with Crippen molar-refractivity contribution >= 4 is 5.70 Å². The minimum absolute atomic E-state index is 0.209. The van der Waals surface area contributed by atoms with Crippen LogP contribution in [0.2, 0.25) is 0 Å². The highest BCUT2D eigenvalue weighted by molar-refractivity contribution is 5.63. The maximum absolute atomic E-state index is 13.5. The third kappa shape index (κ3) is 4.65. The summed E-state index contributed by atoms with van der Waals surface area (Å²) in [7, 11) is 0. The first kappa shape index (κ1) is 17.2. The predicted molar refractivity (Wildman–Crippen MR) is 89.3 cm³/mol. The number of nitrogens with zero attached hydrogens (tertiary/aromatic N) is 1. The van der Waals surface area contributed by atoms with Crippen molar-refractivity contribution < 1.29 is 8.78 Å². The molecule has 0 aliphatic carbocycles. The highest BCUT2D eigenvalue weighted by Gasteiger charge is 2.30. The molecule has 0 spiro atoms. The molecule has 124 valence electrons. The van der Waals surface area contributed by atoms with Crippen molar-refractivity contribution in [1.29, 1.82) is 0 Å². The monoisotopic (exact) mass is 319 g/mol.